The lowest BCUT2D eigenvalue weighted by Crippen LogP contribution is -2.39. The fraction of sp³-hybridized carbons (Fsp3) is 1.00. The molecule has 17 heavy (non-hydrogen) atoms. The lowest BCUT2D eigenvalue weighted by atomic mass is 9.97. The van der Waals surface area contributed by atoms with Gasteiger partial charge in [-0.1, -0.05) is 0 Å². The number of piperidine rings is 1. The van der Waals surface area contributed by atoms with Crippen LogP contribution in [0.3, 0.4) is 0 Å². The molecule has 0 aliphatic carbocycles. The van der Waals surface area contributed by atoms with Crippen molar-refractivity contribution in [3.63, 3.8) is 0 Å². The van der Waals surface area contributed by atoms with Crippen LogP contribution in [0.2, 0.25) is 0 Å². The molecule has 1 heterocycles. The molecule has 0 aromatic carbocycles. The average molecular weight is 241 g/mol. The van der Waals surface area contributed by atoms with E-state index in [-0.39, 0.29) is 5.54 Å². The number of nitrogens with two attached hydrogens (primary N) is 1. The Hall–Kier alpha value is -0.120. The molecule has 102 valence electrons. The quantitative estimate of drug-likeness (QED) is 0.769. The lowest BCUT2D eigenvalue weighted by molar-refractivity contribution is 0.164. The van der Waals surface area contributed by atoms with Crippen molar-refractivity contribution in [2.75, 3.05) is 40.3 Å². The Morgan fingerprint density at radius 3 is 2.71 bits per heavy atom. The first kappa shape index (κ1) is 14.9. The van der Waals surface area contributed by atoms with Gasteiger partial charge in [-0.3, -0.25) is 0 Å². The monoisotopic (exact) mass is 241 g/mol. The van der Waals surface area contributed by atoms with E-state index in [9.17, 15) is 0 Å². The van der Waals surface area contributed by atoms with Gasteiger partial charge in [0.2, 0.25) is 0 Å². The van der Waals surface area contributed by atoms with Crippen LogP contribution in [0.1, 0.15) is 39.5 Å². The van der Waals surface area contributed by atoms with Crippen LogP contribution in [-0.4, -0.2) is 55.6 Å². The first-order valence-corrected chi connectivity index (χ1v) is 7.03. The van der Waals surface area contributed by atoms with Gasteiger partial charge in [0.25, 0.3) is 0 Å². The van der Waals surface area contributed by atoms with Gasteiger partial charge in [-0.25, -0.2) is 0 Å². The highest BCUT2D eigenvalue weighted by molar-refractivity contribution is 4.75. The van der Waals surface area contributed by atoms with Gasteiger partial charge in [0.05, 0.1) is 0 Å². The van der Waals surface area contributed by atoms with E-state index in [1.807, 2.05) is 0 Å². The predicted molar refractivity (Wildman–Crippen MR) is 75.2 cm³/mol. The summed E-state index contributed by atoms with van der Waals surface area (Å²) in [5, 5.41) is 0. The van der Waals surface area contributed by atoms with E-state index >= 15 is 0 Å². The van der Waals surface area contributed by atoms with Crippen molar-refractivity contribution in [3.8, 4) is 0 Å². The van der Waals surface area contributed by atoms with Gasteiger partial charge >= 0.3 is 0 Å². The Balaban J connectivity index is 2.13. The third-order valence-electron chi connectivity index (χ3n) is 3.65. The third-order valence-corrected chi connectivity index (χ3v) is 3.65. The maximum Gasteiger partial charge on any atom is 0.00975 e. The molecule has 0 saturated carbocycles. The summed E-state index contributed by atoms with van der Waals surface area (Å²) in [5.41, 5.74) is 5.99. The van der Waals surface area contributed by atoms with Gasteiger partial charge in [0, 0.05) is 18.6 Å². The Bertz CT molecular complexity index is 210. The zero-order valence-electron chi connectivity index (χ0n) is 12.2. The minimum absolute atomic E-state index is 0.00804. The smallest absolute Gasteiger partial charge is 0.00975 e. The van der Waals surface area contributed by atoms with Crippen LogP contribution in [-0.2, 0) is 0 Å². The van der Waals surface area contributed by atoms with Gasteiger partial charge in [-0.15, -0.1) is 0 Å². The summed E-state index contributed by atoms with van der Waals surface area (Å²) in [5.74, 6) is 0.865. The molecule has 2 N–H and O–H groups in total. The Morgan fingerprint density at radius 1 is 1.41 bits per heavy atom. The summed E-state index contributed by atoms with van der Waals surface area (Å²) >= 11 is 0. The third kappa shape index (κ3) is 7.02. The van der Waals surface area contributed by atoms with Crippen LogP contribution in [0.5, 0.6) is 0 Å². The molecule has 3 nitrogen and oxygen atoms in total. The second-order valence-corrected chi connectivity index (χ2v) is 6.62. The SMILES string of the molecule is CN1CCCC(CN(C)CCCC(C)(C)N)C1. The predicted octanol–water partition coefficient (Wildman–Crippen LogP) is 1.78. The van der Waals surface area contributed by atoms with Gasteiger partial charge in [-0.05, 0) is 72.6 Å². The fourth-order valence-electron chi connectivity index (χ4n) is 2.76. The van der Waals surface area contributed by atoms with Gasteiger partial charge in [0.1, 0.15) is 0 Å². The molecule has 0 aromatic rings. The largest absolute Gasteiger partial charge is 0.326 e. The molecule has 1 aliphatic rings. The molecular weight excluding hydrogens is 210 g/mol. The number of likely N-dealkylation sites (tertiary alicyclic amines) is 1. The Morgan fingerprint density at radius 2 is 2.12 bits per heavy atom. The maximum atomic E-state index is 6.00. The number of hydrogen-bond donors (Lipinski definition) is 1. The van der Waals surface area contributed by atoms with Crippen LogP contribution in [0.25, 0.3) is 0 Å². The van der Waals surface area contributed by atoms with Gasteiger partial charge in [-0.2, -0.15) is 0 Å². The van der Waals surface area contributed by atoms with Gasteiger partial charge in [0.15, 0.2) is 0 Å². The van der Waals surface area contributed by atoms with E-state index in [0.29, 0.717) is 0 Å². The van der Waals surface area contributed by atoms with Crippen molar-refractivity contribution in [2.24, 2.45) is 11.7 Å². The van der Waals surface area contributed by atoms with E-state index < -0.39 is 0 Å². The second kappa shape index (κ2) is 6.72. The zero-order chi connectivity index (χ0) is 12.9. The van der Waals surface area contributed by atoms with Crippen molar-refractivity contribution in [3.05, 3.63) is 0 Å². The molecule has 1 rings (SSSR count). The molecule has 1 fully saturated rings. The van der Waals surface area contributed by atoms with E-state index in [0.717, 1.165) is 12.3 Å². The van der Waals surface area contributed by atoms with E-state index in [4.69, 9.17) is 5.73 Å². The van der Waals surface area contributed by atoms with Crippen molar-refractivity contribution in [1.82, 2.24) is 9.80 Å². The standard InChI is InChI=1S/C14H31N3/c1-14(2,15)8-6-10-17(4)12-13-7-5-9-16(3)11-13/h13H,5-12,15H2,1-4H3. The number of rotatable bonds is 6. The topological polar surface area (TPSA) is 32.5 Å². The molecule has 0 bridgehead atoms. The summed E-state index contributed by atoms with van der Waals surface area (Å²) in [6.07, 6.45) is 5.09. The molecular formula is C14H31N3. The first-order valence-electron chi connectivity index (χ1n) is 7.03. The summed E-state index contributed by atoms with van der Waals surface area (Å²) < 4.78 is 0. The van der Waals surface area contributed by atoms with Crippen LogP contribution >= 0.6 is 0 Å². The average Bonchev–Trinajstić information content (AvgIpc) is 2.15. The van der Waals surface area contributed by atoms with Crippen molar-refractivity contribution < 1.29 is 0 Å². The molecule has 1 atom stereocenters. The second-order valence-electron chi connectivity index (χ2n) is 6.62. The molecule has 0 aromatic heterocycles. The highest BCUT2D eigenvalue weighted by atomic mass is 15.1. The van der Waals surface area contributed by atoms with Crippen molar-refractivity contribution in [2.45, 2.75) is 45.1 Å². The first-order chi connectivity index (χ1) is 7.87. The summed E-state index contributed by atoms with van der Waals surface area (Å²) in [6, 6.07) is 0. The van der Waals surface area contributed by atoms with Gasteiger partial charge < -0.3 is 15.5 Å². The van der Waals surface area contributed by atoms with Crippen molar-refractivity contribution in [1.29, 1.82) is 0 Å². The van der Waals surface area contributed by atoms with Crippen molar-refractivity contribution >= 4 is 0 Å². The van der Waals surface area contributed by atoms with E-state index in [1.165, 1.54) is 45.4 Å². The summed E-state index contributed by atoms with van der Waals surface area (Å²) in [6.45, 7) is 9.21. The Labute approximate surface area is 107 Å². The highest BCUT2D eigenvalue weighted by Crippen LogP contribution is 2.16. The molecule has 1 unspecified atom stereocenters. The molecule has 1 aliphatic heterocycles. The highest BCUT2D eigenvalue weighted by Gasteiger charge is 2.18. The minimum Gasteiger partial charge on any atom is -0.326 e. The van der Waals surface area contributed by atoms with Crippen LogP contribution in [0.15, 0.2) is 0 Å². The fourth-order valence-corrected chi connectivity index (χ4v) is 2.76. The maximum absolute atomic E-state index is 6.00. The molecule has 0 amide bonds. The summed E-state index contributed by atoms with van der Waals surface area (Å²) in [4.78, 5) is 4.95. The summed E-state index contributed by atoms with van der Waals surface area (Å²) in [7, 11) is 4.49. The number of hydrogen-bond acceptors (Lipinski definition) is 3. The lowest BCUT2D eigenvalue weighted by Gasteiger charge is -2.32. The molecule has 3 heteroatoms. The van der Waals surface area contributed by atoms with Crippen LogP contribution < -0.4 is 5.73 Å². The van der Waals surface area contributed by atoms with Crippen LogP contribution in [0.4, 0.5) is 0 Å². The normalized spacial score (nSPS) is 23.3. The minimum atomic E-state index is -0.00804. The number of nitrogens with zero attached hydrogens (tertiary/aromatic N) is 2. The molecule has 0 spiro atoms. The van der Waals surface area contributed by atoms with Crippen LogP contribution in [0, 0.1) is 5.92 Å². The molecule has 0 radical (unpaired) electrons. The Kier molecular flexibility index (Phi) is 5.90. The molecule has 1 saturated heterocycles. The van der Waals surface area contributed by atoms with E-state index in [1.54, 1.807) is 0 Å². The zero-order valence-corrected chi connectivity index (χ0v) is 12.2. The van der Waals surface area contributed by atoms with E-state index in [2.05, 4.69) is 37.7 Å².